The minimum absolute atomic E-state index is 0.352. The van der Waals surface area contributed by atoms with Gasteiger partial charge < -0.3 is 5.32 Å². The zero-order valence-electron chi connectivity index (χ0n) is 8.66. The van der Waals surface area contributed by atoms with Gasteiger partial charge in [0, 0.05) is 18.8 Å². The van der Waals surface area contributed by atoms with Crippen LogP contribution < -0.4 is 10.8 Å². The quantitative estimate of drug-likeness (QED) is 0.532. The van der Waals surface area contributed by atoms with Crippen LogP contribution in [-0.2, 0) is 4.84 Å². The van der Waals surface area contributed by atoms with Gasteiger partial charge in [0.05, 0.1) is 6.61 Å². The lowest BCUT2D eigenvalue weighted by Crippen LogP contribution is -2.25. The maximum absolute atomic E-state index is 5.18. The van der Waals surface area contributed by atoms with E-state index in [1.807, 2.05) is 32.0 Å². The maximum Gasteiger partial charge on any atom is 0.125 e. The highest BCUT2D eigenvalue weighted by Crippen LogP contribution is 1.97. The van der Waals surface area contributed by atoms with Crippen LogP contribution in [0.15, 0.2) is 24.4 Å². The summed E-state index contributed by atoms with van der Waals surface area (Å²) in [4.78, 5) is 9.30. The number of hydroxylamine groups is 1. The fourth-order valence-electron chi connectivity index (χ4n) is 0.923. The molecule has 4 nitrogen and oxygen atoms in total. The highest BCUT2D eigenvalue weighted by Gasteiger charge is 1.92. The molecule has 1 aromatic rings. The van der Waals surface area contributed by atoms with Gasteiger partial charge in [-0.25, -0.2) is 4.98 Å². The van der Waals surface area contributed by atoms with Crippen LogP contribution in [0.1, 0.15) is 13.8 Å². The first-order valence-corrected chi connectivity index (χ1v) is 4.81. The van der Waals surface area contributed by atoms with Gasteiger partial charge in [0.25, 0.3) is 0 Å². The van der Waals surface area contributed by atoms with Crippen molar-refractivity contribution < 1.29 is 4.84 Å². The van der Waals surface area contributed by atoms with Crippen molar-refractivity contribution in [3.05, 3.63) is 24.4 Å². The lowest BCUT2D eigenvalue weighted by atomic mass is 10.4. The molecular weight excluding hydrogens is 178 g/mol. The molecule has 0 bridgehead atoms. The lowest BCUT2D eigenvalue weighted by molar-refractivity contribution is 0.0309. The highest BCUT2D eigenvalue weighted by atomic mass is 16.6. The van der Waals surface area contributed by atoms with E-state index in [9.17, 15) is 0 Å². The predicted octanol–water partition coefficient (Wildman–Crippen LogP) is 1.42. The number of hydrogen-bond donors (Lipinski definition) is 2. The predicted molar refractivity (Wildman–Crippen MR) is 57.0 cm³/mol. The molecule has 2 N–H and O–H groups in total. The smallest absolute Gasteiger partial charge is 0.125 e. The van der Waals surface area contributed by atoms with Crippen LogP contribution in [-0.4, -0.2) is 24.2 Å². The third-order valence-corrected chi connectivity index (χ3v) is 1.49. The molecule has 0 radical (unpaired) electrons. The second kappa shape index (κ2) is 6.34. The number of rotatable bonds is 6. The van der Waals surface area contributed by atoms with E-state index in [4.69, 9.17) is 4.84 Å². The van der Waals surface area contributed by atoms with Gasteiger partial charge in [0.1, 0.15) is 5.82 Å². The molecule has 0 spiro atoms. The average Bonchev–Trinajstić information content (AvgIpc) is 2.18. The van der Waals surface area contributed by atoms with Crippen molar-refractivity contribution in [2.24, 2.45) is 0 Å². The lowest BCUT2D eigenvalue weighted by Gasteiger charge is -2.09. The minimum atomic E-state index is 0.352. The summed E-state index contributed by atoms with van der Waals surface area (Å²) in [6, 6.07) is 6.12. The van der Waals surface area contributed by atoms with Crippen LogP contribution in [0.25, 0.3) is 0 Å². The Bertz CT molecular complexity index is 238. The summed E-state index contributed by atoms with van der Waals surface area (Å²) in [5, 5.41) is 3.14. The molecule has 0 saturated carbocycles. The van der Waals surface area contributed by atoms with E-state index >= 15 is 0 Å². The van der Waals surface area contributed by atoms with Crippen LogP contribution in [0, 0.1) is 0 Å². The Morgan fingerprint density at radius 1 is 1.43 bits per heavy atom. The van der Waals surface area contributed by atoms with Crippen molar-refractivity contribution >= 4 is 5.82 Å². The van der Waals surface area contributed by atoms with Crippen molar-refractivity contribution in [2.45, 2.75) is 19.9 Å². The standard InChI is InChI=1S/C10H17N3O/c1-9(2)13-14-8-7-12-10-5-3-4-6-11-10/h3-6,9,13H,7-8H2,1-2H3,(H,11,12). The summed E-state index contributed by atoms with van der Waals surface area (Å²) < 4.78 is 0. The van der Waals surface area contributed by atoms with Gasteiger partial charge in [-0.1, -0.05) is 6.07 Å². The monoisotopic (exact) mass is 195 g/mol. The zero-order valence-corrected chi connectivity index (χ0v) is 8.66. The molecule has 14 heavy (non-hydrogen) atoms. The summed E-state index contributed by atoms with van der Waals surface area (Å²) in [5.41, 5.74) is 2.87. The largest absolute Gasteiger partial charge is 0.368 e. The van der Waals surface area contributed by atoms with Crippen LogP contribution in [0.5, 0.6) is 0 Å². The highest BCUT2D eigenvalue weighted by molar-refractivity contribution is 5.32. The third-order valence-electron chi connectivity index (χ3n) is 1.49. The zero-order chi connectivity index (χ0) is 10.2. The van der Waals surface area contributed by atoms with Gasteiger partial charge in [-0.3, -0.25) is 4.84 Å². The molecule has 0 aliphatic rings. The van der Waals surface area contributed by atoms with E-state index < -0.39 is 0 Å². The molecule has 0 aliphatic carbocycles. The fraction of sp³-hybridized carbons (Fsp3) is 0.500. The molecular formula is C10H17N3O. The van der Waals surface area contributed by atoms with Gasteiger partial charge in [0.15, 0.2) is 0 Å². The van der Waals surface area contributed by atoms with Crippen LogP contribution in [0.4, 0.5) is 5.82 Å². The molecule has 0 fully saturated rings. The number of aromatic nitrogens is 1. The number of nitrogens with zero attached hydrogens (tertiary/aromatic N) is 1. The van der Waals surface area contributed by atoms with E-state index in [0.29, 0.717) is 12.6 Å². The van der Waals surface area contributed by atoms with Gasteiger partial charge in [-0.15, -0.1) is 0 Å². The van der Waals surface area contributed by atoms with Gasteiger partial charge in [0.2, 0.25) is 0 Å². The summed E-state index contributed by atoms with van der Waals surface area (Å²) in [6.07, 6.45) is 1.76. The number of hydrogen-bond acceptors (Lipinski definition) is 4. The fourth-order valence-corrected chi connectivity index (χ4v) is 0.923. The third kappa shape index (κ3) is 4.79. The number of anilines is 1. The molecule has 78 valence electrons. The molecule has 1 aromatic heterocycles. The molecule has 0 amide bonds. The molecule has 1 heterocycles. The van der Waals surface area contributed by atoms with E-state index in [2.05, 4.69) is 15.8 Å². The maximum atomic E-state index is 5.18. The van der Waals surface area contributed by atoms with Crippen molar-refractivity contribution in [2.75, 3.05) is 18.5 Å². The first-order valence-electron chi connectivity index (χ1n) is 4.81. The van der Waals surface area contributed by atoms with Crippen molar-refractivity contribution in [1.29, 1.82) is 0 Å². The summed E-state index contributed by atoms with van der Waals surface area (Å²) in [7, 11) is 0. The normalized spacial score (nSPS) is 10.5. The molecule has 0 saturated heterocycles. The van der Waals surface area contributed by atoms with Crippen LogP contribution >= 0.6 is 0 Å². The summed E-state index contributed by atoms with van der Waals surface area (Å²) in [5.74, 6) is 0.876. The SMILES string of the molecule is CC(C)NOCCNc1ccccn1. The molecule has 0 aromatic carbocycles. The second-order valence-corrected chi connectivity index (χ2v) is 3.26. The first kappa shape index (κ1) is 10.9. The van der Waals surface area contributed by atoms with E-state index in [1.165, 1.54) is 0 Å². The van der Waals surface area contributed by atoms with Crippen molar-refractivity contribution in [3.8, 4) is 0 Å². The van der Waals surface area contributed by atoms with E-state index in [-0.39, 0.29) is 0 Å². The number of nitrogens with one attached hydrogen (secondary N) is 2. The topological polar surface area (TPSA) is 46.2 Å². The van der Waals surface area contributed by atoms with Crippen LogP contribution in [0.3, 0.4) is 0 Å². The van der Waals surface area contributed by atoms with E-state index in [0.717, 1.165) is 12.4 Å². The van der Waals surface area contributed by atoms with Crippen molar-refractivity contribution in [3.63, 3.8) is 0 Å². The number of pyridine rings is 1. The van der Waals surface area contributed by atoms with Gasteiger partial charge in [-0.2, -0.15) is 5.48 Å². The minimum Gasteiger partial charge on any atom is -0.368 e. The Hall–Kier alpha value is -1.13. The Morgan fingerprint density at radius 2 is 2.29 bits per heavy atom. The Balaban J connectivity index is 2.05. The Kier molecular flexibility index (Phi) is 4.96. The summed E-state index contributed by atoms with van der Waals surface area (Å²) in [6.45, 7) is 5.43. The Morgan fingerprint density at radius 3 is 2.93 bits per heavy atom. The molecule has 0 atom stereocenters. The first-order chi connectivity index (χ1) is 6.79. The van der Waals surface area contributed by atoms with E-state index in [1.54, 1.807) is 6.20 Å². The molecule has 0 unspecified atom stereocenters. The van der Waals surface area contributed by atoms with Crippen molar-refractivity contribution in [1.82, 2.24) is 10.5 Å². The second-order valence-electron chi connectivity index (χ2n) is 3.26. The average molecular weight is 195 g/mol. The van der Waals surface area contributed by atoms with Gasteiger partial charge in [-0.05, 0) is 26.0 Å². The summed E-state index contributed by atoms with van der Waals surface area (Å²) >= 11 is 0. The Labute approximate surface area is 84.6 Å². The molecule has 4 heteroatoms. The van der Waals surface area contributed by atoms with Gasteiger partial charge >= 0.3 is 0 Å². The molecule has 0 aliphatic heterocycles. The van der Waals surface area contributed by atoms with Crippen LogP contribution in [0.2, 0.25) is 0 Å². The molecule has 1 rings (SSSR count).